The molecule has 4 aromatic carbocycles. The quantitative estimate of drug-likeness (QED) is 0.109. The Morgan fingerprint density at radius 2 is 1.49 bits per heavy atom. The lowest BCUT2D eigenvalue weighted by molar-refractivity contribution is -0.385. The van der Waals surface area contributed by atoms with Gasteiger partial charge in [0.2, 0.25) is 5.90 Å². The number of hydrogen-bond acceptors (Lipinski definition) is 7. The van der Waals surface area contributed by atoms with Crippen LogP contribution >= 0.6 is 0 Å². The summed E-state index contributed by atoms with van der Waals surface area (Å²) in [5.74, 6) is 0.429. The molecule has 0 amide bonds. The SMILES string of the molecule is Cc1ccc(C2=N/C(=C\c3ccc(OCc4ccccc4)c(OCc4ccccc4)c3)C(=O)O2)cc1[N+](=O)[O-]. The second kappa shape index (κ2) is 11.4. The van der Waals surface area contributed by atoms with Crippen molar-refractivity contribution in [3.63, 3.8) is 0 Å². The highest BCUT2D eigenvalue weighted by Crippen LogP contribution is 2.32. The fraction of sp³-hybridized carbons (Fsp3) is 0.0968. The van der Waals surface area contributed by atoms with Gasteiger partial charge in [-0.1, -0.05) is 72.8 Å². The van der Waals surface area contributed by atoms with Crippen molar-refractivity contribution in [2.24, 2.45) is 4.99 Å². The van der Waals surface area contributed by atoms with Gasteiger partial charge in [0.05, 0.1) is 4.92 Å². The summed E-state index contributed by atoms with van der Waals surface area (Å²) >= 11 is 0. The van der Waals surface area contributed by atoms with Gasteiger partial charge in [0.1, 0.15) is 13.2 Å². The molecule has 0 bridgehead atoms. The summed E-state index contributed by atoms with van der Waals surface area (Å²) in [6.45, 7) is 2.34. The van der Waals surface area contributed by atoms with Gasteiger partial charge in [-0.05, 0) is 47.9 Å². The molecule has 0 aliphatic carbocycles. The van der Waals surface area contributed by atoms with E-state index in [1.165, 1.54) is 6.07 Å². The second-order valence-corrected chi connectivity index (χ2v) is 8.85. The highest BCUT2D eigenvalue weighted by Gasteiger charge is 2.26. The van der Waals surface area contributed by atoms with E-state index in [4.69, 9.17) is 14.2 Å². The molecule has 0 N–H and O–H groups in total. The van der Waals surface area contributed by atoms with Gasteiger partial charge >= 0.3 is 5.97 Å². The van der Waals surface area contributed by atoms with Crippen molar-refractivity contribution in [2.75, 3.05) is 0 Å². The Balaban J connectivity index is 1.42. The first-order chi connectivity index (χ1) is 19.0. The summed E-state index contributed by atoms with van der Waals surface area (Å²) in [7, 11) is 0. The molecule has 1 aliphatic heterocycles. The van der Waals surface area contributed by atoms with Gasteiger partial charge in [-0.3, -0.25) is 10.1 Å². The van der Waals surface area contributed by atoms with E-state index in [9.17, 15) is 14.9 Å². The Bertz CT molecular complexity index is 1580. The first-order valence-electron chi connectivity index (χ1n) is 12.2. The van der Waals surface area contributed by atoms with Crippen LogP contribution in [0.1, 0.15) is 27.8 Å². The Labute approximate surface area is 225 Å². The van der Waals surface area contributed by atoms with E-state index in [1.807, 2.05) is 60.7 Å². The maximum atomic E-state index is 12.6. The van der Waals surface area contributed by atoms with E-state index >= 15 is 0 Å². The zero-order valence-electron chi connectivity index (χ0n) is 21.1. The first kappa shape index (κ1) is 25.4. The van der Waals surface area contributed by atoms with Gasteiger partial charge in [-0.2, -0.15) is 0 Å². The van der Waals surface area contributed by atoms with Crippen molar-refractivity contribution in [3.8, 4) is 11.5 Å². The molecule has 0 saturated heterocycles. The predicted molar refractivity (Wildman–Crippen MR) is 146 cm³/mol. The van der Waals surface area contributed by atoms with E-state index in [1.54, 1.807) is 43.3 Å². The largest absolute Gasteiger partial charge is 0.485 e. The molecule has 194 valence electrons. The predicted octanol–water partition coefficient (Wildman–Crippen LogP) is 6.41. The number of carbonyl (C=O) groups excluding carboxylic acids is 1. The monoisotopic (exact) mass is 520 g/mol. The van der Waals surface area contributed by atoms with E-state index in [0.717, 1.165) is 11.1 Å². The molecule has 0 unspecified atom stereocenters. The number of nitro groups is 1. The van der Waals surface area contributed by atoms with Crippen LogP contribution in [0.2, 0.25) is 0 Å². The van der Waals surface area contributed by atoms with Crippen LogP contribution in [-0.4, -0.2) is 16.8 Å². The van der Waals surface area contributed by atoms with Crippen molar-refractivity contribution in [1.29, 1.82) is 0 Å². The fourth-order valence-corrected chi connectivity index (χ4v) is 3.95. The average Bonchev–Trinajstić information content (AvgIpc) is 3.32. The minimum absolute atomic E-state index is 0.0118. The molecule has 39 heavy (non-hydrogen) atoms. The van der Waals surface area contributed by atoms with E-state index in [0.29, 0.717) is 41.4 Å². The summed E-state index contributed by atoms with van der Waals surface area (Å²) in [6, 6.07) is 29.5. The Morgan fingerprint density at radius 3 is 2.13 bits per heavy atom. The molecular formula is C31H24N2O6. The lowest BCUT2D eigenvalue weighted by Gasteiger charge is -2.14. The summed E-state index contributed by atoms with van der Waals surface area (Å²) < 4.78 is 17.5. The van der Waals surface area contributed by atoms with Crippen molar-refractivity contribution < 1.29 is 23.9 Å². The molecule has 0 radical (unpaired) electrons. The maximum absolute atomic E-state index is 12.6. The summed E-state index contributed by atoms with van der Waals surface area (Å²) in [6.07, 6.45) is 1.58. The number of nitro benzene ring substituents is 1. The van der Waals surface area contributed by atoms with Gasteiger partial charge in [0, 0.05) is 17.2 Å². The normalized spacial score (nSPS) is 13.6. The van der Waals surface area contributed by atoms with Crippen LogP contribution in [-0.2, 0) is 22.7 Å². The lowest BCUT2D eigenvalue weighted by Crippen LogP contribution is -2.06. The lowest BCUT2D eigenvalue weighted by atomic mass is 10.1. The van der Waals surface area contributed by atoms with Gasteiger partial charge in [-0.15, -0.1) is 0 Å². The standard InChI is InChI=1S/C31H24N2O6/c1-21-12-14-25(18-27(21)33(35)36)30-32-26(31(34)39-30)16-24-13-15-28(37-19-22-8-4-2-5-9-22)29(17-24)38-20-23-10-6-3-7-11-23/h2-18H,19-20H2,1H3/b26-16-. The third kappa shape index (κ3) is 6.19. The van der Waals surface area contributed by atoms with Crippen LogP contribution in [0.5, 0.6) is 11.5 Å². The molecule has 0 fully saturated rings. The molecule has 0 saturated carbocycles. The first-order valence-corrected chi connectivity index (χ1v) is 12.2. The average molecular weight is 521 g/mol. The third-order valence-corrected chi connectivity index (χ3v) is 6.02. The van der Waals surface area contributed by atoms with Crippen molar-refractivity contribution in [2.45, 2.75) is 20.1 Å². The van der Waals surface area contributed by atoms with Gasteiger partial charge in [0.25, 0.3) is 5.69 Å². The second-order valence-electron chi connectivity index (χ2n) is 8.85. The Morgan fingerprint density at radius 1 is 0.846 bits per heavy atom. The fourth-order valence-electron chi connectivity index (χ4n) is 3.95. The molecule has 0 aromatic heterocycles. The molecule has 0 atom stereocenters. The van der Waals surface area contributed by atoms with Gasteiger partial charge in [0.15, 0.2) is 17.2 Å². The minimum Gasteiger partial charge on any atom is -0.485 e. The Kier molecular flexibility index (Phi) is 7.45. The zero-order valence-corrected chi connectivity index (χ0v) is 21.1. The highest BCUT2D eigenvalue weighted by atomic mass is 16.6. The molecule has 8 heteroatoms. The number of carbonyl (C=O) groups is 1. The van der Waals surface area contributed by atoms with E-state index < -0.39 is 10.9 Å². The minimum atomic E-state index is -0.649. The van der Waals surface area contributed by atoms with Crippen molar-refractivity contribution >= 4 is 23.6 Å². The van der Waals surface area contributed by atoms with Crippen LogP contribution in [0.15, 0.2) is 108 Å². The number of benzene rings is 4. The number of ether oxygens (including phenoxy) is 3. The van der Waals surface area contributed by atoms with E-state index in [2.05, 4.69) is 4.99 Å². The van der Waals surface area contributed by atoms with Crippen LogP contribution in [0.25, 0.3) is 6.08 Å². The Hall–Kier alpha value is -5.24. The smallest absolute Gasteiger partial charge is 0.363 e. The molecule has 0 spiro atoms. The molecule has 8 nitrogen and oxygen atoms in total. The maximum Gasteiger partial charge on any atom is 0.363 e. The van der Waals surface area contributed by atoms with Crippen LogP contribution in [0.3, 0.4) is 0 Å². The number of esters is 1. The highest BCUT2D eigenvalue weighted by molar-refractivity contribution is 6.13. The summed E-state index contributed by atoms with van der Waals surface area (Å²) in [4.78, 5) is 27.7. The van der Waals surface area contributed by atoms with Gasteiger partial charge < -0.3 is 14.2 Å². The van der Waals surface area contributed by atoms with E-state index in [-0.39, 0.29) is 17.3 Å². The topological polar surface area (TPSA) is 100 Å². The van der Waals surface area contributed by atoms with Crippen molar-refractivity contribution in [1.82, 2.24) is 0 Å². The third-order valence-electron chi connectivity index (χ3n) is 6.02. The molecule has 5 rings (SSSR count). The molecule has 4 aromatic rings. The van der Waals surface area contributed by atoms with Crippen molar-refractivity contribution in [3.05, 3.63) is 141 Å². The molecular weight excluding hydrogens is 496 g/mol. The zero-order chi connectivity index (χ0) is 27.2. The van der Waals surface area contributed by atoms with Crippen LogP contribution in [0, 0.1) is 17.0 Å². The number of nitrogens with zero attached hydrogens (tertiary/aromatic N) is 2. The summed E-state index contributed by atoms with van der Waals surface area (Å²) in [5.41, 5.74) is 3.51. The van der Waals surface area contributed by atoms with Crippen LogP contribution < -0.4 is 9.47 Å². The van der Waals surface area contributed by atoms with Crippen LogP contribution in [0.4, 0.5) is 5.69 Å². The number of hydrogen-bond donors (Lipinski definition) is 0. The molecule has 1 heterocycles. The number of rotatable bonds is 9. The van der Waals surface area contributed by atoms with Gasteiger partial charge in [-0.25, -0.2) is 9.79 Å². The number of aryl methyl sites for hydroxylation is 1. The molecule has 1 aliphatic rings. The number of aliphatic imine (C=N–C) groups is 1. The number of cyclic esters (lactones) is 1. The summed E-state index contributed by atoms with van der Waals surface area (Å²) in [5, 5.41) is 11.3.